The number of H-pyrrole nitrogens is 1. The summed E-state index contributed by atoms with van der Waals surface area (Å²) in [6.07, 6.45) is 0. The largest absolute Gasteiger partial charge is 0.466 e. The first-order valence-electron chi connectivity index (χ1n) is 5.33. The van der Waals surface area contributed by atoms with Crippen LogP contribution in [-0.2, 0) is 6.54 Å². The second-order valence-electron chi connectivity index (χ2n) is 3.46. The Morgan fingerprint density at radius 3 is 2.83 bits per heavy atom. The van der Waals surface area contributed by atoms with Crippen molar-refractivity contribution in [2.75, 3.05) is 12.4 Å². The van der Waals surface area contributed by atoms with Gasteiger partial charge in [-0.15, -0.1) is 5.10 Å². The number of urea groups is 1. The van der Waals surface area contributed by atoms with Crippen LogP contribution >= 0.6 is 0 Å². The van der Waals surface area contributed by atoms with Crippen LogP contribution in [0.4, 0.5) is 10.7 Å². The van der Waals surface area contributed by atoms with E-state index in [2.05, 4.69) is 25.8 Å². The second-order valence-corrected chi connectivity index (χ2v) is 3.46. The summed E-state index contributed by atoms with van der Waals surface area (Å²) in [5, 5.41) is 11.4. The van der Waals surface area contributed by atoms with Crippen LogP contribution < -0.4 is 15.4 Å². The Hall–Kier alpha value is -2.57. The Bertz CT molecular complexity index is 511. The molecule has 1 aromatic carbocycles. The van der Waals surface area contributed by atoms with E-state index in [1.807, 2.05) is 30.3 Å². The molecular formula is C11H13N5O2. The van der Waals surface area contributed by atoms with Gasteiger partial charge < -0.3 is 10.1 Å². The highest BCUT2D eigenvalue weighted by Crippen LogP contribution is 2.04. The van der Waals surface area contributed by atoms with Gasteiger partial charge in [-0.2, -0.15) is 4.98 Å². The molecule has 0 aliphatic heterocycles. The van der Waals surface area contributed by atoms with E-state index in [-0.39, 0.29) is 18.0 Å². The fraction of sp³-hybridized carbons (Fsp3) is 0.182. The molecule has 7 nitrogen and oxygen atoms in total. The van der Waals surface area contributed by atoms with Crippen LogP contribution in [0.5, 0.6) is 6.01 Å². The minimum Gasteiger partial charge on any atom is -0.466 e. The lowest BCUT2D eigenvalue weighted by molar-refractivity contribution is 0.251. The highest BCUT2D eigenvalue weighted by atomic mass is 16.5. The van der Waals surface area contributed by atoms with E-state index >= 15 is 0 Å². The van der Waals surface area contributed by atoms with Crippen molar-refractivity contribution in [2.24, 2.45) is 0 Å². The molecule has 1 heterocycles. The van der Waals surface area contributed by atoms with Gasteiger partial charge in [-0.1, -0.05) is 30.3 Å². The highest BCUT2D eigenvalue weighted by molar-refractivity contribution is 5.87. The maximum absolute atomic E-state index is 11.5. The summed E-state index contributed by atoms with van der Waals surface area (Å²) in [4.78, 5) is 15.4. The number of aromatic amines is 1. The average Bonchev–Trinajstić information content (AvgIpc) is 2.85. The summed E-state index contributed by atoms with van der Waals surface area (Å²) in [6, 6.07) is 9.41. The lowest BCUT2D eigenvalue weighted by Crippen LogP contribution is -2.28. The van der Waals surface area contributed by atoms with Crippen LogP contribution in [0.25, 0.3) is 0 Å². The molecule has 0 unspecified atom stereocenters. The number of ether oxygens (including phenoxy) is 1. The summed E-state index contributed by atoms with van der Waals surface area (Å²) < 4.78 is 4.78. The van der Waals surface area contributed by atoms with Crippen molar-refractivity contribution in [3.8, 4) is 6.01 Å². The molecule has 2 rings (SSSR count). The zero-order valence-corrected chi connectivity index (χ0v) is 9.80. The molecule has 0 aliphatic carbocycles. The van der Waals surface area contributed by atoms with Gasteiger partial charge >= 0.3 is 12.0 Å². The first-order valence-corrected chi connectivity index (χ1v) is 5.33. The number of nitrogens with zero attached hydrogens (tertiary/aromatic N) is 2. The molecule has 0 atom stereocenters. The molecular weight excluding hydrogens is 234 g/mol. The van der Waals surface area contributed by atoms with E-state index in [0.29, 0.717) is 6.54 Å². The first-order chi connectivity index (χ1) is 8.78. The van der Waals surface area contributed by atoms with Crippen molar-refractivity contribution in [1.82, 2.24) is 20.5 Å². The molecule has 0 radical (unpaired) electrons. The number of amides is 2. The van der Waals surface area contributed by atoms with E-state index in [9.17, 15) is 4.79 Å². The van der Waals surface area contributed by atoms with Gasteiger partial charge in [0.25, 0.3) is 0 Å². The topological polar surface area (TPSA) is 91.9 Å². The lowest BCUT2D eigenvalue weighted by atomic mass is 10.2. The number of carbonyl (C=O) groups excluding carboxylic acids is 1. The first kappa shape index (κ1) is 11.9. The Kier molecular flexibility index (Phi) is 3.75. The van der Waals surface area contributed by atoms with Gasteiger partial charge in [0.1, 0.15) is 0 Å². The van der Waals surface area contributed by atoms with Crippen molar-refractivity contribution in [3.63, 3.8) is 0 Å². The van der Waals surface area contributed by atoms with E-state index in [1.54, 1.807) is 0 Å². The number of hydrogen-bond donors (Lipinski definition) is 3. The van der Waals surface area contributed by atoms with Gasteiger partial charge in [0.05, 0.1) is 7.11 Å². The number of aromatic nitrogens is 3. The average molecular weight is 247 g/mol. The quantitative estimate of drug-likeness (QED) is 0.755. The van der Waals surface area contributed by atoms with Crippen LogP contribution in [0.2, 0.25) is 0 Å². The molecule has 3 N–H and O–H groups in total. The molecule has 0 saturated carbocycles. The van der Waals surface area contributed by atoms with Gasteiger partial charge in [-0.3, -0.25) is 5.32 Å². The predicted octanol–water partition coefficient (Wildman–Crippen LogP) is 1.13. The summed E-state index contributed by atoms with van der Waals surface area (Å²) >= 11 is 0. The number of anilines is 1. The van der Waals surface area contributed by atoms with E-state index in [1.165, 1.54) is 7.11 Å². The Morgan fingerprint density at radius 1 is 1.39 bits per heavy atom. The Labute approximate surface area is 104 Å². The number of methoxy groups -OCH3 is 1. The summed E-state index contributed by atoms with van der Waals surface area (Å²) in [6.45, 7) is 0.442. The summed E-state index contributed by atoms with van der Waals surface area (Å²) in [5.41, 5.74) is 1.02. The van der Waals surface area contributed by atoms with Crippen LogP contribution in [0.3, 0.4) is 0 Å². The molecule has 7 heteroatoms. The third-order valence-electron chi connectivity index (χ3n) is 2.18. The van der Waals surface area contributed by atoms with E-state index < -0.39 is 0 Å². The van der Waals surface area contributed by atoms with Crippen molar-refractivity contribution in [2.45, 2.75) is 6.54 Å². The monoisotopic (exact) mass is 247 g/mol. The van der Waals surface area contributed by atoms with Crippen LogP contribution in [0.15, 0.2) is 30.3 Å². The maximum Gasteiger partial charge on any atom is 0.336 e. The van der Waals surface area contributed by atoms with Crippen molar-refractivity contribution in [1.29, 1.82) is 0 Å². The number of benzene rings is 1. The van der Waals surface area contributed by atoms with Gasteiger partial charge in [0.15, 0.2) is 0 Å². The molecule has 0 bridgehead atoms. The summed E-state index contributed by atoms with van der Waals surface area (Å²) in [7, 11) is 1.45. The molecule has 18 heavy (non-hydrogen) atoms. The molecule has 0 spiro atoms. The second kappa shape index (κ2) is 5.67. The zero-order chi connectivity index (χ0) is 12.8. The molecule has 2 aromatic rings. The van der Waals surface area contributed by atoms with E-state index in [0.717, 1.165) is 5.56 Å². The van der Waals surface area contributed by atoms with Gasteiger partial charge in [0, 0.05) is 6.54 Å². The van der Waals surface area contributed by atoms with Crippen LogP contribution in [0.1, 0.15) is 5.56 Å². The van der Waals surface area contributed by atoms with Crippen molar-refractivity contribution >= 4 is 12.0 Å². The van der Waals surface area contributed by atoms with Crippen LogP contribution in [0, 0.1) is 0 Å². The molecule has 2 amide bonds. The number of carbonyl (C=O) groups is 1. The molecule has 1 aromatic heterocycles. The Morgan fingerprint density at radius 2 is 2.17 bits per heavy atom. The van der Waals surface area contributed by atoms with Gasteiger partial charge in [-0.05, 0) is 5.56 Å². The number of hydrogen-bond acceptors (Lipinski definition) is 4. The van der Waals surface area contributed by atoms with Crippen molar-refractivity contribution < 1.29 is 9.53 Å². The lowest BCUT2D eigenvalue weighted by Gasteiger charge is -2.04. The van der Waals surface area contributed by atoms with E-state index in [4.69, 9.17) is 4.74 Å². The molecule has 0 saturated heterocycles. The zero-order valence-electron chi connectivity index (χ0n) is 9.80. The highest BCUT2D eigenvalue weighted by Gasteiger charge is 2.06. The third kappa shape index (κ3) is 3.21. The normalized spacial score (nSPS) is 9.83. The number of nitrogens with one attached hydrogen (secondary N) is 3. The Balaban J connectivity index is 1.82. The number of rotatable bonds is 4. The molecule has 94 valence electrons. The fourth-order valence-corrected chi connectivity index (χ4v) is 1.32. The minimum atomic E-state index is -0.363. The molecule has 0 fully saturated rings. The SMILES string of the molecule is COc1n[nH]c(NC(=O)NCc2ccccc2)n1. The van der Waals surface area contributed by atoms with Gasteiger partial charge in [-0.25, -0.2) is 9.89 Å². The van der Waals surface area contributed by atoms with Crippen molar-refractivity contribution in [3.05, 3.63) is 35.9 Å². The maximum atomic E-state index is 11.5. The van der Waals surface area contributed by atoms with Gasteiger partial charge in [0.2, 0.25) is 5.95 Å². The minimum absolute atomic E-state index is 0.174. The summed E-state index contributed by atoms with van der Waals surface area (Å²) in [5.74, 6) is 0.234. The smallest absolute Gasteiger partial charge is 0.336 e. The predicted molar refractivity (Wildman–Crippen MR) is 65.2 cm³/mol. The molecule has 0 aliphatic rings. The fourth-order valence-electron chi connectivity index (χ4n) is 1.32. The van der Waals surface area contributed by atoms with Crippen LogP contribution in [-0.4, -0.2) is 28.3 Å². The standard InChI is InChI=1S/C11H13N5O2/c1-18-11-14-9(15-16-11)13-10(17)12-7-8-5-3-2-4-6-8/h2-6H,7H2,1H3,(H3,12,13,14,15,16,17). The third-order valence-corrected chi connectivity index (χ3v) is 2.18.